The first-order chi connectivity index (χ1) is 10.1. The molecule has 112 valence electrons. The van der Waals surface area contributed by atoms with Crippen LogP contribution in [0.1, 0.15) is 17.7 Å². The van der Waals surface area contributed by atoms with Crippen molar-refractivity contribution in [2.45, 2.75) is 26.4 Å². The van der Waals surface area contributed by atoms with Crippen LogP contribution in [0.2, 0.25) is 0 Å². The Balaban J connectivity index is 1.91. The highest BCUT2D eigenvalue weighted by Gasteiger charge is 2.20. The van der Waals surface area contributed by atoms with Gasteiger partial charge in [-0.1, -0.05) is 0 Å². The molecule has 0 amide bonds. The first kappa shape index (κ1) is 13.9. The number of carboxylic acids is 1. The molecule has 0 unspecified atom stereocenters. The molecule has 1 aliphatic heterocycles. The lowest BCUT2D eigenvalue weighted by molar-refractivity contribution is -0.137. The predicted molar refractivity (Wildman–Crippen MR) is 80.8 cm³/mol. The Morgan fingerprint density at radius 3 is 2.86 bits per heavy atom. The fraction of sp³-hybridized carbons (Fsp3) is 0.438. The number of ether oxygens (including phenoxy) is 1. The second kappa shape index (κ2) is 5.41. The van der Waals surface area contributed by atoms with Crippen molar-refractivity contribution in [3.05, 3.63) is 29.5 Å². The minimum absolute atomic E-state index is 0.201. The third-order valence-electron chi connectivity index (χ3n) is 4.15. The van der Waals surface area contributed by atoms with E-state index in [-0.39, 0.29) is 6.42 Å². The third kappa shape index (κ3) is 2.61. The number of fused-ring (bicyclic) bond motifs is 3. The monoisotopic (exact) mass is 288 g/mol. The van der Waals surface area contributed by atoms with E-state index in [0.717, 1.165) is 25.4 Å². The number of aryl methyl sites for hydroxylation is 1. The number of carboxylic acid groups (broad SMARTS) is 1. The van der Waals surface area contributed by atoms with E-state index in [9.17, 15) is 4.79 Å². The molecule has 0 fully saturated rings. The van der Waals surface area contributed by atoms with E-state index in [2.05, 4.69) is 34.6 Å². The van der Waals surface area contributed by atoms with Gasteiger partial charge in [0, 0.05) is 37.3 Å². The van der Waals surface area contributed by atoms with E-state index >= 15 is 0 Å². The van der Waals surface area contributed by atoms with Crippen LogP contribution in [0.3, 0.4) is 0 Å². The predicted octanol–water partition coefficient (Wildman–Crippen LogP) is 2.25. The molecular formula is C16H20N2O3. The molecule has 1 N–H and O–H groups in total. The van der Waals surface area contributed by atoms with Crippen LogP contribution < -0.4 is 4.74 Å². The quantitative estimate of drug-likeness (QED) is 0.937. The molecule has 0 bridgehead atoms. The van der Waals surface area contributed by atoms with Crippen LogP contribution in [0.4, 0.5) is 0 Å². The van der Waals surface area contributed by atoms with Crippen molar-refractivity contribution in [1.29, 1.82) is 0 Å². The summed E-state index contributed by atoms with van der Waals surface area (Å²) in [5, 5.41) is 10.00. The smallest absolute Gasteiger partial charge is 0.304 e. The van der Waals surface area contributed by atoms with E-state index < -0.39 is 5.97 Å². The lowest BCUT2D eigenvalue weighted by atomic mass is 10.1. The molecule has 1 aliphatic rings. The summed E-state index contributed by atoms with van der Waals surface area (Å²) in [6.45, 7) is 5.33. The molecular weight excluding hydrogens is 268 g/mol. The first-order valence-electron chi connectivity index (χ1n) is 7.19. The topological polar surface area (TPSA) is 54.7 Å². The highest BCUT2D eigenvalue weighted by atomic mass is 16.5. The lowest BCUT2D eigenvalue weighted by Crippen LogP contribution is -2.34. The zero-order chi connectivity index (χ0) is 15.0. The first-order valence-corrected chi connectivity index (χ1v) is 7.19. The molecule has 21 heavy (non-hydrogen) atoms. The summed E-state index contributed by atoms with van der Waals surface area (Å²) in [6, 6.07) is 6.32. The van der Waals surface area contributed by atoms with Gasteiger partial charge < -0.3 is 14.4 Å². The van der Waals surface area contributed by atoms with Gasteiger partial charge in [-0.25, -0.2) is 0 Å². The van der Waals surface area contributed by atoms with Crippen molar-refractivity contribution in [3.8, 4) is 5.75 Å². The molecule has 0 radical (unpaired) electrons. The molecule has 5 heteroatoms. The standard InChI is InChI=1S/C16H20N2O3/c1-11-7-14(21-2)9-12-8-13-10-17(4-3-15(19)20)5-6-18(13)16(11)12/h7-9H,3-6,10H2,1-2H3,(H,19,20). The van der Waals surface area contributed by atoms with Crippen molar-refractivity contribution in [2.24, 2.45) is 0 Å². The molecule has 5 nitrogen and oxygen atoms in total. The SMILES string of the molecule is COc1cc(C)c2c(c1)cc1n2CCN(CCC(=O)O)C1. The number of rotatable bonds is 4. The van der Waals surface area contributed by atoms with Gasteiger partial charge in [0.1, 0.15) is 5.75 Å². The molecule has 2 heterocycles. The van der Waals surface area contributed by atoms with Gasteiger partial charge in [-0.05, 0) is 30.7 Å². The van der Waals surface area contributed by atoms with Crippen molar-refractivity contribution in [1.82, 2.24) is 9.47 Å². The van der Waals surface area contributed by atoms with Crippen LogP contribution in [-0.4, -0.2) is 40.7 Å². The van der Waals surface area contributed by atoms with Crippen molar-refractivity contribution in [2.75, 3.05) is 20.2 Å². The Morgan fingerprint density at radius 1 is 1.33 bits per heavy atom. The summed E-state index contributed by atoms with van der Waals surface area (Å²) in [4.78, 5) is 12.9. The number of aliphatic carboxylic acids is 1. The van der Waals surface area contributed by atoms with Gasteiger partial charge in [0.25, 0.3) is 0 Å². The van der Waals surface area contributed by atoms with Crippen LogP contribution in [0.25, 0.3) is 10.9 Å². The van der Waals surface area contributed by atoms with Crippen molar-refractivity contribution in [3.63, 3.8) is 0 Å². The van der Waals surface area contributed by atoms with Gasteiger partial charge in [-0.3, -0.25) is 9.69 Å². The number of hydrogen-bond acceptors (Lipinski definition) is 3. The van der Waals surface area contributed by atoms with Crippen LogP contribution >= 0.6 is 0 Å². The molecule has 0 spiro atoms. The van der Waals surface area contributed by atoms with E-state index in [4.69, 9.17) is 9.84 Å². The summed E-state index contributed by atoms with van der Waals surface area (Å²) < 4.78 is 7.68. The van der Waals surface area contributed by atoms with Crippen LogP contribution in [-0.2, 0) is 17.9 Å². The van der Waals surface area contributed by atoms with Gasteiger partial charge in [0.15, 0.2) is 0 Å². The van der Waals surface area contributed by atoms with Crippen molar-refractivity contribution < 1.29 is 14.6 Å². The summed E-state index contributed by atoms with van der Waals surface area (Å²) in [7, 11) is 1.68. The van der Waals surface area contributed by atoms with E-state index in [1.54, 1.807) is 7.11 Å². The second-order valence-corrected chi connectivity index (χ2v) is 5.59. The maximum absolute atomic E-state index is 10.7. The number of aromatic nitrogens is 1. The Labute approximate surface area is 123 Å². The van der Waals surface area contributed by atoms with Crippen LogP contribution in [0.5, 0.6) is 5.75 Å². The largest absolute Gasteiger partial charge is 0.497 e. The van der Waals surface area contributed by atoms with Crippen LogP contribution in [0.15, 0.2) is 18.2 Å². The zero-order valence-electron chi connectivity index (χ0n) is 12.4. The van der Waals surface area contributed by atoms with Crippen molar-refractivity contribution >= 4 is 16.9 Å². The highest BCUT2D eigenvalue weighted by Crippen LogP contribution is 2.30. The fourth-order valence-electron chi connectivity index (χ4n) is 3.15. The van der Waals surface area contributed by atoms with Gasteiger partial charge >= 0.3 is 5.97 Å². The number of carbonyl (C=O) groups is 1. The molecule has 1 aromatic carbocycles. The summed E-state index contributed by atoms with van der Waals surface area (Å²) in [6.07, 6.45) is 0.201. The van der Waals surface area contributed by atoms with E-state index in [0.29, 0.717) is 6.54 Å². The maximum Gasteiger partial charge on any atom is 0.304 e. The average Bonchev–Trinajstić information content (AvgIpc) is 2.82. The summed E-state index contributed by atoms with van der Waals surface area (Å²) in [5.74, 6) is 0.146. The van der Waals surface area contributed by atoms with Gasteiger partial charge in [-0.15, -0.1) is 0 Å². The number of benzene rings is 1. The van der Waals surface area contributed by atoms with Gasteiger partial charge in [0.2, 0.25) is 0 Å². The molecule has 2 aromatic rings. The molecule has 0 saturated heterocycles. The van der Waals surface area contributed by atoms with Crippen LogP contribution in [0, 0.1) is 6.92 Å². The molecule has 1 aromatic heterocycles. The number of hydrogen-bond donors (Lipinski definition) is 1. The fourth-order valence-corrected chi connectivity index (χ4v) is 3.15. The van der Waals surface area contributed by atoms with Gasteiger partial charge in [-0.2, -0.15) is 0 Å². The minimum atomic E-state index is -0.735. The molecule has 0 saturated carbocycles. The number of nitrogens with zero attached hydrogens (tertiary/aromatic N) is 2. The molecule has 0 aliphatic carbocycles. The van der Waals surface area contributed by atoms with Gasteiger partial charge in [0.05, 0.1) is 19.0 Å². The molecule has 3 rings (SSSR count). The summed E-state index contributed by atoms with van der Waals surface area (Å²) in [5.41, 5.74) is 3.73. The Morgan fingerprint density at radius 2 is 2.14 bits per heavy atom. The Bertz CT molecular complexity index is 690. The second-order valence-electron chi connectivity index (χ2n) is 5.59. The zero-order valence-corrected chi connectivity index (χ0v) is 12.4. The minimum Gasteiger partial charge on any atom is -0.497 e. The Hall–Kier alpha value is -2.01. The number of methoxy groups -OCH3 is 1. The van der Waals surface area contributed by atoms with E-state index in [1.807, 2.05) is 0 Å². The average molecular weight is 288 g/mol. The maximum atomic E-state index is 10.7. The summed E-state index contributed by atoms with van der Waals surface area (Å²) >= 11 is 0. The normalized spacial score (nSPS) is 15.1. The highest BCUT2D eigenvalue weighted by molar-refractivity contribution is 5.86. The third-order valence-corrected chi connectivity index (χ3v) is 4.15. The van der Waals surface area contributed by atoms with E-state index in [1.165, 1.54) is 22.2 Å². The Kier molecular flexibility index (Phi) is 3.59. The molecule has 0 atom stereocenters. The lowest BCUT2D eigenvalue weighted by Gasteiger charge is -2.28.